The molecule has 2 heterocycles. The molecule has 2 unspecified atom stereocenters. The number of aryl methyl sites for hydroxylation is 1. The molecule has 0 radical (unpaired) electrons. The normalized spacial score (nSPS) is 18.2. The number of urea groups is 1. The minimum atomic E-state index is -0.393. The van der Waals surface area contributed by atoms with Gasteiger partial charge in [-0.2, -0.15) is 0 Å². The highest BCUT2D eigenvalue weighted by Gasteiger charge is 2.33. The van der Waals surface area contributed by atoms with E-state index in [0.717, 1.165) is 18.5 Å². The highest BCUT2D eigenvalue weighted by atomic mass is 19.1. The maximum Gasteiger partial charge on any atom is 0.318 e. The molecule has 1 aromatic carbocycles. The largest absolute Gasteiger partial charge is 0.496 e. The number of hydrogen-bond donors (Lipinski definition) is 1. The lowest BCUT2D eigenvalue weighted by atomic mass is 10.1. The summed E-state index contributed by atoms with van der Waals surface area (Å²) in [6.07, 6.45) is 1.73. The lowest BCUT2D eigenvalue weighted by Crippen LogP contribution is -2.40. The molecule has 2 atom stereocenters. The number of ether oxygens (including phenoxy) is 1. The summed E-state index contributed by atoms with van der Waals surface area (Å²) in [4.78, 5) is 14.5. The fourth-order valence-corrected chi connectivity index (χ4v) is 3.24. The first kappa shape index (κ1) is 17.3. The molecule has 134 valence electrons. The van der Waals surface area contributed by atoms with Crippen LogP contribution >= 0.6 is 0 Å². The number of benzene rings is 1. The predicted octanol–water partition coefficient (Wildman–Crippen LogP) is 3.74. The van der Waals surface area contributed by atoms with E-state index in [1.54, 1.807) is 17.9 Å². The van der Waals surface area contributed by atoms with Crippen molar-refractivity contribution >= 4 is 6.03 Å². The van der Waals surface area contributed by atoms with Crippen molar-refractivity contribution in [3.8, 4) is 5.75 Å². The SMILES string of the molecule is COc1ccc(F)cc1C(C)NC(=O)N1CCCC1c1cc(C)no1. The Hall–Kier alpha value is -2.57. The monoisotopic (exact) mass is 347 g/mol. The van der Waals surface area contributed by atoms with E-state index in [-0.39, 0.29) is 17.9 Å². The molecule has 1 N–H and O–H groups in total. The first-order valence-corrected chi connectivity index (χ1v) is 8.33. The van der Waals surface area contributed by atoms with Gasteiger partial charge in [0.05, 0.1) is 24.9 Å². The maximum absolute atomic E-state index is 13.6. The average molecular weight is 347 g/mol. The van der Waals surface area contributed by atoms with Crippen LogP contribution in [-0.2, 0) is 0 Å². The molecule has 3 rings (SSSR count). The first-order valence-electron chi connectivity index (χ1n) is 8.33. The van der Waals surface area contributed by atoms with Crippen molar-refractivity contribution in [3.63, 3.8) is 0 Å². The maximum atomic E-state index is 13.6. The van der Waals surface area contributed by atoms with Crippen molar-refractivity contribution in [3.05, 3.63) is 47.1 Å². The molecule has 25 heavy (non-hydrogen) atoms. The van der Waals surface area contributed by atoms with Crippen LogP contribution in [0.3, 0.4) is 0 Å². The Balaban J connectivity index is 1.74. The molecular formula is C18H22FN3O3. The number of likely N-dealkylation sites (tertiary alicyclic amines) is 1. The van der Waals surface area contributed by atoms with E-state index >= 15 is 0 Å². The third-order valence-electron chi connectivity index (χ3n) is 4.49. The summed E-state index contributed by atoms with van der Waals surface area (Å²) in [5.41, 5.74) is 1.39. The number of rotatable bonds is 4. The Morgan fingerprint density at radius 3 is 2.96 bits per heavy atom. The lowest BCUT2D eigenvalue weighted by molar-refractivity contribution is 0.179. The predicted molar refractivity (Wildman–Crippen MR) is 89.8 cm³/mol. The topological polar surface area (TPSA) is 67.6 Å². The molecule has 6 nitrogen and oxygen atoms in total. The Kier molecular flexibility index (Phi) is 4.92. The minimum absolute atomic E-state index is 0.122. The second kappa shape index (κ2) is 7.13. The summed E-state index contributed by atoms with van der Waals surface area (Å²) in [6, 6.07) is 5.40. The Morgan fingerprint density at radius 1 is 1.48 bits per heavy atom. The van der Waals surface area contributed by atoms with E-state index in [4.69, 9.17) is 9.26 Å². The van der Waals surface area contributed by atoms with Gasteiger partial charge in [0.2, 0.25) is 0 Å². The second-order valence-electron chi connectivity index (χ2n) is 6.28. The highest BCUT2D eigenvalue weighted by Crippen LogP contribution is 2.33. The number of nitrogens with zero attached hydrogens (tertiary/aromatic N) is 2. The van der Waals surface area contributed by atoms with Crippen LogP contribution in [0.25, 0.3) is 0 Å². The number of carbonyl (C=O) groups excluding carboxylic acids is 1. The highest BCUT2D eigenvalue weighted by molar-refractivity contribution is 5.75. The Morgan fingerprint density at radius 2 is 2.28 bits per heavy atom. The number of hydrogen-bond acceptors (Lipinski definition) is 4. The Bertz CT molecular complexity index is 762. The van der Waals surface area contributed by atoms with Gasteiger partial charge >= 0.3 is 6.03 Å². The summed E-state index contributed by atoms with van der Waals surface area (Å²) in [5.74, 6) is 0.868. The van der Waals surface area contributed by atoms with Gasteiger partial charge in [0, 0.05) is 18.2 Å². The zero-order valence-electron chi connectivity index (χ0n) is 14.6. The molecular weight excluding hydrogens is 325 g/mol. The van der Waals surface area contributed by atoms with E-state index in [1.807, 2.05) is 13.0 Å². The van der Waals surface area contributed by atoms with Gasteiger partial charge in [-0.05, 0) is 44.9 Å². The molecule has 0 aliphatic carbocycles. The van der Waals surface area contributed by atoms with Gasteiger partial charge < -0.3 is 19.5 Å². The van der Waals surface area contributed by atoms with E-state index < -0.39 is 6.04 Å². The van der Waals surface area contributed by atoms with Crippen LogP contribution in [0, 0.1) is 12.7 Å². The fourth-order valence-electron chi connectivity index (χ4n) is 3.24. The van der Waals surface area contributed by atoms with Crippen LogP contribution in [0.5, 0.6) is 5.75 Å². The van der Waals surface area contributed by atoms with Crippen molar-refractivity contribution in [2.45, 2.75) is 38.8 Å². The Labute approximate surface area is 145 Å². The van der Waals surface area contributed by atoms with E-state index in [2.05, 4.69) is 10.5 Å². The third-order valence-corrected chi connectivity index (χ3v) is 4.49. The van der Waals surface area contributed by atoms with Crippen molar-refractivity contribution in [2.24, 2.45) is 0 Å². The van der Waals surface area contributed by atoms with Gasteiger partial charge in [-0.1, -0.05) is 5.16 Å². The summed E-state index contributed by atoms with van der Waals surface area (Å²) < 4.78 is 24.2. The number of amides is 2. The number of halogens is 1. The first-order chi connectivity index (χ1) is 12.0. The van der Waals surface area contributed by atoms with Gasteiger partial charge in [-0.25, -0.2) is 9.18 Å². The van der Waals surface area contributed by atoms with Crippen LogP contribution in [0.1, 0.15) is 48.9 Å². The molecule has 2 amide bonds. The zero-order valence-corrected chi connectivity index (χ0v) is 14.6. The van der Waals surface area contributed by atoms with Crippen LogP contribution in [0.2, 0.25) is 0 Å². The van der Waals surface area contributed by atoms with Gasteiger partial charge in [0.15, 0.2) is 5.76 Å². The quantitative estimate of drug-likeness (QED) is 0.915. The molecule has 1 fully saturated rings. The summed E-state index contributed by atoms with van der Waals surface area (Å²) >= 11 is 0. The summed E-state index contributed by atoms with van der Waals surface area (Å²) in [7, 11) is 1.52. The number of carbonyl (C=O) groups is 1. The smallest absolute Gasteiger partial charge is 0.318 e. The molecule has 0 bridgehead atoms. The standard InChI is InChI=1S/C18H22FN3O3/c1-11-9-17(25-21-11)15-5-4-8-22(15)18(23)20-12(2)14-10-13(19)6-7-16(14)24-3/h6-7,9-10,12,15H,4-5,8H2,1-3H3,(H,20,23). The van der Waals surface area contributed by atoms with Crippen molar-refractivity contribution in [2.75, 3.05) is 13.7 Å². The summed E-state index contributed by atoms with van der Waals surface area (Å²) in [5, 5.41) is 6.83. The minimum Gasteiger partial charge on any atom is -0.496 e. The van der Waals surface area contributed by atoms with Crippen LogP contribution in [0.4, 0.5) is 9.18 Å². The van der Waals surface area contributed by atoms with E-state index in [9.17, 15) is 9.18 Å². The molecule has 1 saturated heterocycles. The van der Waals surface area contributed by atoms with Crippen molar-refractivity contribution < 1.29 is 18.4 Å². The average Bonchev–Trinajstić information content (AvgIpc) is 3.23. The zero-order chi connectivity index (χ0) is 18.0. The van der Waals surface area contributed by atoms with Gasteiger partial charge in [0.1, 0.15) is 11.6 Å². The van der Waals surface area contributed by atoms with E-state index in [1.165, 1.54) is 19.2 Å². The van der Waals surface area contributed by atoms with Gasteiger partial charge in [0.25, 0.3) is 0 Å². The fraction of sp³-hybridized carbons (Fsp3) is 0.444. The number of aromatic nitrogens is 1. The number of nitrogens with one attached hydrogen (secondary N) is 1. The molecule has 1 aromatic heterocycles. The molecule has 7 heteroatoms. The number of methoxy groups -OCH3 is 1. The molecule has 2 aromatic rings. The van der Waals surface area contributed by atoms with Crippen LogP contribution < -0.4 is 10.1 Å². The lowest BCUT2D eigenvalue weighted by Gasteiger charge is -2.26. The molecule has 1 aliphatic rings. The third kappa shape index (κ3) is 3.60. The van der Waals surface area contributed by atoms with Crippen LogP contribution in [-0.4, -0.2) is 29.7 Å². The molecule has 1 aliphatic heterocycles. The molecule has 0 saturated carbocycles. The summed E-state index contributed by atoms with van der Waals surface area (Å²) in [6.45, 7) is 4.30. The van der Waals surface area contributed by atoms with Gasteiger partial charge in [-0.3, -0.25) is 0 Å². The second-order valence-corrected chi connectivity index (χ2v) is 6.28. The molecule has 0 spiro atoms. The van der Waals surface area contributed by atoms with Crippen molar-refractivity contribution in [1.29, 1.82) is 0 Å². The van der Waals surface area contributed by atoms with Gasteiger partial charge in [-0.15, -0.1) is 0 Å². The van der Waals surface area contributed by atoms with Crippen LogP contribution in [0.15, 0.2) is 28.8 Å². The van der Waals surface area contributed by atoms with Crippen molar-refractivity contribution in [1.82, 2.24) is 15.4 Å². The van der Waals surface area contributed by atoms with E-state index in [0.29, 0.717) is 23.6 Å².